The van der Waals surface area contributed by atoms with Crippen molar-refractivity contribution in [2.75, 3.05) is 6.61 Å². The van der Waals surface area contributed by atoms with Crippen molar-refractivity contribution >= 4 is 17.1 Å². The molecule has 0 saturated carbocycles. The van der Waals surface area contributed by atoms with Crippen LogP contribution in [-0.4, -0.2) is 12.9 Å². The number of unbranched alkanes of at least 4 members (excludes halogenated alkanes) is 3. The first kappa shape index (κ1) is 13.6. The van der Waals surface area contributed by atoms with E-state index in [1.165, 1.54) is 19.3 Å². The van der Waals surface area contributed by atoms with Crippen molar-refractivity contribution < 1.29 is 9.53 Å². The zero-order valence-electron chi connectivity index (χ0n) is 11.4. The fourth-order valence-corrected chi connectivity index (χ4v) is 2.26. The number of carbonyl (C=O) groups is 1. The van der Waals surface area contributed by atoms with E-state index < -0.39 is 0 Å². The van der Waals surface area contributed by atoms with Crippen LogP contribution in [0.25, 0.3) is 10.8 Å². The molecule has 2 aromatic rings. The van der Waals surface area contributed by atoms with Crippen molar-refractivity contribution in [3.8, 4) is 5.75 Å². The average molecular weight is 256 g/mol. The molecule has 2 rings (SSSR count). The SMILES string of the molecule is CCCCCCOc1cccc2cccc(C=O)c12. The molecule has 0 amide bonds. The molecule has 19 heavy (non-hydrogen) atoms. The quantitative estimate of drug-likeness (QED) is 0.534. The summed E-state index contributed by atoms with van der Waals surface area (Å²) < 4.78 is 5.85. The highest BCUT2D eigenvalue weighted by atomic mass is 16.5. The van der Waals surface area contributed by atoms with Crippen LogP contribution in [0.4, 0.5) is 0 Å². The van der Waals surface area contributed by atoms with Crippen LogP contribution in [-0.2, 0) is 0 Å². The van der Waals surface area contributed by atoms with E-state index in [-0.39, 0.29) is 0 Å². The molecule has 0 unspecified atom stereocenters. The van der Waals surface area contributed by atoms with Gasteiger partial charge in [0, 0.05) is 10.9 Å². The van der Waals surface area contributed by atoms with Crippen molar-refractivity contribution in [3.63, 3.8) is 0 Å². The lowest BCUT2D eigenvalue weighted by Gasteiger charge is -2.10. The number of ether oxygens (including phenoxy) is 1. The summed E-state index contributed by atoms with van der Waals surface area (Å²) in [6.07, 6.45) is 5.63. The van der Waals surface area contributed by atoms with Gasteiger partial charge in [-0.25, -0.2) is 0 Å². The van der Waals surface area contributed by atoms with Crippen molar-refractivity contribution in [2.45, 2.75) is 32.6 Å². The number of carbonyl (C=O) groups excluding carboxylic acids is 1. The molecular formula is C17H20O2. The molecule has 2 aromatic carbocycles. The predicted molar refractivity (Wildman–Crippen MR) is 79.0 cm³/mol. The zero-order valence-corrected chi connectivity index (χ0v) is 11.4. The van der Waals surface area contributed by atoms with Gasteiger partial charge in [0.25, 0.3) is 0 Å². The second-order valence-electron chi connectivity index (χ2n) is 4.73. The van der Waals surface area contributed by atoms with E-state index in [4.69, 9.17) is 4.74 Å². The van der Waals surface area contributed by atoms with Crippen molar-refractivity contribution in [3.05, 3.63) is 42.0 Å². The third-order valence-electron chi connectivity index (χ3n) is 3.28. The number of benzene rings is 2. The maximum absolute atomic E-state index is 11.1. The first-order valence-corrected chi connectivity index (χ1v) is 6.96. The first-order valence-electron chi connectivity index (χ1n) is 6.96. The van der Waals surface area contributed by atoms with Crippen molar-refractivity contribution in [2.24, 2.45) is 0 Å². The molecule has 0 aliphatic heterocycles. The summed E-state index contributed by atoms with van der Waals surface area (Å²) in [7, 11) is 0. The Hall–Kier alpha value is -1.83. The molecule has 0 radical (unpaired) electrons. The Bertz CT molecular complexity index is 541. The van der Waals surface area contributed by atoms with Crippen LogP contribution in [0, 0.1) is 0 Å². The molecule has 0 heterocycles. The van der Waals surface area contributed by atoms with Crippen LogP contribution in [0.5, 0.6) is 5.75 Å². The Kier molecular flexibility index (Phi) is 4.96. The highest BCUT2D eigenvalue weighted by Crippen LogP contribution is 2.28. The molecular weight excluding hydrogens is 236 g/mol. The number of rotatable bonds is 7. The van der Waals surface area contributed by atoms with E-state index in [9.17, 15) is 4.79 Å². The van der Waals surface area contributed by atoms with E-state index in [0.29, 0.717) is 12.2 Å². The summed E-state index contributed by atoms with van der Waals surface area (Å²) in [6.45, 7) is 2.91. The van der Waals surface area contributed by atoms with Gasteiger partial charge in [0.05, 0.1) is 6.61 Å². The summed E-state index contributed by atoms with van der Waals surface area (Å²) in [5.41, 5.74) is 0.696. The molecule has 0 fully saturated rings. The first-order chi connectivity index (χ1) is 9.36. The maximum Gasteiger partial charge on any atom is 0.150 e. The van der Waals surface area contributed by atoms with Gasteiger partial charge in [-0.1, -0.05) is 56.5 Å². The second-order valence-corrected chi connectivity index (χ2v) is 4.73. The Morgan fingerprint density at radius 3 is 2.58 bits per heavy atom. The van der Waals surface area contributed by atoms with E-state index >= 15 is 0 Å². The predicted octanol–water partition coefficient (Wildman–Crippen LogP) is 4.61. The van der Waals surface area contributed by atoms with E-state index in [0.717, 1.165) is 29.2 Å². The second kappa shape index (κ2) is 6.93. The molecule has 100 valence electrons. The topological polar surface area (TPSA) is 26.3 Å². The van der Waals surface area contributed by atoms with Gasteiger partial charge in [0.2, 0.25) is 0 Å². The molecule has 0 atom stereocenters. The number of hydrogen-bond donors (Lipinski definition) is 0. The van der Waals surface area contributed by atoms with Crippen molar-refractivity contribution in [1.29, 1.82) is 0 Å². The lowest BCUT2D eigenvalue weighted by atomic mass is 10.0. The van der Waals surface area contributed by atoms with Gasteiger partial charge < -0.3 is 4.74 Å². The van der Waals surface area contributed by atoms with Gasteiger partial charge in [0.1, 0.15) is 5.75 Å². The van der Waals surface area contributed by atoms with Crippen molar-refractivity contribution in [1.82, 2.24) is 0 Å². The summed E-state index contributed by atoms with van der Waals surface area (Å²) >= 11 is 0. The van der Waals surface area contributed by atoms with E-state index in [2.05, 4.69) is 6.92 Å². The zero-order chi connectivity index (χ0) is 13.5. The molecule has 0 aliphatic rings. The molecule has 2 nitrogen and oxygen atoms in total. The average Bonchev–Trinajstić information content (AvgIpc) is 2.46. The third kappa shape index (κ3) is 3.34. The highest BCUT2D eigenvalue weighted by Gasteiger charge is 2.06. The largest absolute Gasteiger partial charge is 0.493 e. The van der Waals surface area contributed by atoms with Gasteiger partial charge in [-0.15, -0.1) is 0 Å². The normalized spacial score (nSPS) is 10.6. The highest BCUT2D eigenvalue weighted by molar-refractivity contribution is 6.01. The summed E-state index contributed by atoms with van der Waals surface area (Å²) in [5.74, 6) is 0.816. The minimum Gasteiger partial charge on any atom is -0.493 e. The standard InChI is InChI=1S/C17H20O2/c1-2-3-4-5-12-19-16-11-7-9-14-8-6-10-15(13-18)17(14)16/h6-11,13H,2-5,12H2,1H3. The van der Waals surface area contributed by atoms with Crippen LogP contribution in [0.2, 0.25) is 0 Å². The molecule has 0 saturated heterocycles. The monoisotopic (exact) mass is 256 g/mol. The molecule has 0 aromatic heterocycles. The summed E-state index contributed by atoms with van der Waals surface area (Å²) in [5, 5.41) is 1.98. The molecule has 0 spiro atoms. The molecule has 2 heteroatoms. The summed E-state index contributed by atoms with van der Waals surface area (Å²) in [4.78, 5) is 11.1. The van der Waals surface area contributed by atoms with E-state index in [1.807, 2.05) is 36.4 Å². The Morgan fingerprint density at radius 2 is 1.84 bits per heavy atom. The van der Waals surface area contributed by atoms with Gasteiger partial charge in [0.15, 0.2) is 6.29 Å². The fourth-order valence-electron chi connectivity index (χ4n) is 2.26. The Morgan fingerprint density at radius 1 is 1.05 bits per heavy atom. The number of hydrogen-bond acceptors (Lipinski definition) is 2. The smallest absolute Gasteiger partial charge is 0.150 e. The summed E-state index contributed by atoms with van der Waals surface area (Å²) in [6, 6.07) is 11.7. The molecule has 0 N–H and O–H groups in total. The number of aldehydes is 1. The number of fused-ring (bicyclic) bond motifs is 1. The third-order valence-corrected chi connectivity index (χ3v) is 3.28. The van der Waals surface area contributed by atoms with Crippen LogP contribution in [0.1, 0.15) is 43.0 Å². The lowest BCUT2D eigenvalue weighted by Crippen LogP contribution is -1.99. The van der Waals surface area contributed by atoms with Gasteiger partial charge >= 0.3 is 0 Å². The Labute approximate surface area is 114 Å². The van der Waals surface area contributed by atoms with Gasteiger partial charge in [-0.05, 0) is 17.9 Å². The van der Waals surface area contributed by atoms with Crippen LogP contribution < -0.4 is 4.74 Å². The maximum atomic E-state index is 11.1. The van der Waals surface area contributed by atoms with Crippen LogP contribution in [0.3, 0.4) is 0 Å². The minimum absolute atomic E-state index is 0.696. The van der Waals surface area contributed by atoms with Crippen LogP contribution >= 0.6 is 0 Å². The van der Waals surface area contributed by atoms with E-state index in [1.54, 1.807) is 0 Å². The fraction of sp³-hybridized carbons (Fsp3) is 0.353. The lowest BCUT2D eigenvalue weighted by molar-refractivity contribution is 0.112. The Balaban J connectivity index is 2.16. The van der Waals surface area contributed by atoms with Gasteiger partial charge in [-0.3, -0.25) is 4.79 Å². The van der Waals surface area contributed by atoms with Crippen LogP contribution in [0.15, 0.2) is 36.4 Å². The minimum atomic E-state index is 0.696. The van der Waals surface area contributed by atoms with Gasteiger partial charge in [-0.2, -0.15) is 0 Å². The molecule has 0 bridgehead atoms. The molecule has 0 aliphatic carbocycles.